The van der Waals surface area contributed by atoms with Crippen molar-refractivity contribution in [3.05, 3.63) is 68.4 Å². The van der Waals surface area contributed by atoms with Gasteiger partial charge in [-0.1, -0.05) is 35.3 Å². The SMILES string of the molecule is Cc1cc(C(Cl)c2ccc(Cl)c(C)c2)c(Cl)cc1F. The largest absolute Gasteiger partial charge is 0.207 e. The first kappa shape index (κ1) is 14.6. The maximum absolute atomic E-state index is 13.4. The smallest absolute Gasteiger partial charge is 0.127 e. The Hall–Kier alpha value is -0.760. The van der Waals surface area contributed by atoms with Crippen LogP contribution < -0.4 is 0 Å². The predicted octanol–water partition coefficient (Wildman–Crippen LogP) is 6.08. The minimum absolute atomic E-state index is 0.329. The first-order chi connectivity index (χ1) is 8.90. The molecule has 0 saturated heterocycles. The molecule has 1 atom stereocenters. The van der Waals surface area contributed by atoms with Crippen LogP contribution in [0.25, 0.3) is 0 Å². The lowest BCUT2D eigenvalue weighted by Gasteiger charge is -2.14. The summed E-state index contributed by atoms with van der Waals surface area (Å²) in [4.78, 5) is 0. The third-order valence-corrected chi connectivity index (χ3v) is 4.26. The number of aryl methyl sites for hydroxylation is 2. The molecule has 2 aromatic carbocycles. The molecule has 0 aliphatic heterocycles. The Labute approximate surface area is 127 Å². The van der Waals surface area contributed by atoms with Crippen molar-refractivity contribution in [2.45, 2.75) is 19.2 Å². The predicted molar refractivity (Wildman–Crippen MR) is 80.0 cm³/mol. The van der Waals surface area contributed by atoms with Crippen LogP contribution in [-0.4, -0.2) is 0 Å². The van der Waals surface area contributed by atoms with Gasteiger partial charge < -0.3 is 0 Å². The second-order valence-electron chi connectivity index (χ2n) is 4.49. The zero-order valence-electron chi connectivity index (χ0n) is 10.5. The molecular formula is C15H12Cl3F. The number of alkyl halides is 1. The van der Waals surface area contributed by atoms with Crippen LogP contribution in [0.1, 0.15) is 27.6 Å². The zero-order chi connectivity index (χ0) is 14.2. The van der Waals surface area contributed by atoms with E-state index in [1.165, 1.54) is 6.07 Å². The van der Waals surface area contributed by atoms with Gasteiger partial charge in [-0.15, -0.1) is 11.6 Å². The van der Waals surface area contributed by atoms with Crippen molar-refractivity contribution in [3.8, 4) is 0 Å². The standard InChI is InChI=1S/C15H12Cl3F/c1-8-5-10(3-4-12(8)16)15(18)11-6-9(2)14(19)7-13(11)17/h3-7,15H,1-2H3. The van der Waals surface area contributed by atoms with Crippen molar-refractivity contribution in [3.63, 3.8) is 0 Å². The zero-order valence-corrected chi connectivity index (χ0v) is 12.7. The summed E-state index contributed by atoms with van der Waals surface area (Å²) in [6.45, 7) is 3.60. The van der Waals surface area contributed by atoms with Crippen molar-refractivity contribution >= 4 is 34.8 Å². The molecule has 0 aromatic heterocycles. The highest BCUT2D eigenvalue weighted by Gasteiger charge is 2.16. The highest BCUT2D eigenvalue weighted by molar-refractivity contribution is 6.33. The summed E-state index contributed by atoms with van der Waals surface area (Å²) in [5.41, 5.74) is 3.05. The number of hydrogen-bond donors (Lipinski definition) is 0. The molecule has 0 saturated carbocycles. The normalized spacial score (nSPS) is 12.5. The molecule has 1 unspecified atom stereocenters. The second kappa shape index (κ2) is 5.70. The number of rotatable bonds is 2. The van der Waals surface area contributed by atoms with Crippen LogP contribution in [0.5, 0.6) is 0 Å². The van der Waals surface area contributed by atoms with Crippen LogP contribution in [0, 0.1) is 19.7 Å². The molecule has 0 spiro atoms. The molecule has 0 amide bonds. The average Bonchev–Trinajstić information content (AvgIpc) is 2.36. The van der Waals surface area contributed by atoms with Crippen LogP contribution in [0.2, 0.25) is 10.0 Å². The fourth-order valence-electron chi connectivity index (χ4n) is 1.88. The van der Waals surface area contributed by atoms with Gasteiger partial charge in [0.05, 0.1) is 5.38 Å². The molecule has 2 aromatic rings. The van der Waals surface area contributed by atoms with E-state index in [9.17, 15) is 4.39 Å². The van der Waals surface area contributed by atoms with Gasteiger partial charge in [0.1, 0.15) is 5.82 Å². The maximum atomic E-state index is 13.4. The highest BCUT2D eigenvalue weighted by atomic mass is 35.5. The average molecular weight is 318 g/mol. The molecule has 0 radical (unpaired) electrons. The fraction of sp³-hybridized carbons (Fsp3) is 0.200. The third kappa shape index (κ3) is 3.05. The Morgan fingerprint density at radius 2 is 1.63 bits per heavy atom. The topological polar surface area (TPSA) is 0 Å². The molecule has 0 N–H and O–H groups in total. The first-order valence-corrected chi connectivity index (χ1v) is 6.95. The van der Waals surface area contributed by atoms with E-state index in [0.717, 1.165) is 11.1 Å². The lowest BCUT2D eigenvalue weighted by molar-refractivity contribution is 0.618. The molecule has 19 heavy (non-hydrogen) atoms. The summed E-state index contributed by atoms with van der Waals surface area (Å²) in [6.07, 6.45) is 0. The Kier molecular flexibility index (Phi) is 4.39. The number of hydrogen-bond acceptors (Lipinski definition) is 0. The summed E-state index contributed by atoms with van der Waals surface area (Å²) >= 11 is 18.5. The van der Waals surface area contributed by atoms with Gasteiger partial charge in [-0.3, -0.25) is 0 Å². The van der Waals surface area contributed by atoms with E-state index >= 15 is 0 Å². The molecule has 0 heterocycles. The van der Waals surface area contributed by atoms with Gasteiger partial charge in [0.25, 0.3) is 0 Å². The molecule has 0 bridgehead atoms. The van der Waals surface area contributed by atoms with Gasteiger partial charge in [0.2, 0.25) is 0 Å². The monoisotopic (exact) mass is 316 g/mol. The number of halogens is 4. The maximum Gasteiger partial charge on any atom is 0.127 e. The summed E-state index contributed by atoms with van der Waals surface area (Å²) in [5, 5.41) is 0.590. The van der Waals surface area contributed by atoms with Gasteiger partial charge in [-0.2, -0.15) is 0 Å². The van der Waals surface area contributed by atoms with Crippen LogP contribution in [0.15, 0.2) is 30.3 Å². The van der Waals surface area contributed by atoms with Gasteiger partial charge in [0.15, 0.2) is 0 Å². The van der Waals surface area contributed by atoms with E-state index in [1.54, 1.807) is 19.1 Å². The quantitative estimate of drug-likeness (QED) is 0.589. The summed E-state index contributed by atoms with van der Waals surface area (Å²) < 4.78 is 13.4. The molecule has 100 valence electrons. The van der Waals surface area contributed by atoms with E-state index in [1.807, 2.05) is 19.1 Å². The minimum Gasteiger partial charge on any atom is -0.207 e. The van der Waals surface area contributed by atoms with E-state index in [0.29, 0.717) is 21.2 Å². The molecule has 4 heteroatoms. The van der Waals surface area contributed by atoms with Crippen molar-refractivity contribution < 1.29 is 4.39 Å². The van der Waals surface area contributed by atoms with E-state index in [2.05, 4.69) is 0 Å². The van der Waals surface area contributed by atoms with Crippen LogP contribution in [0.3, 0.4) is 0 Å². The molecule has 0 aliphatic carbocycles. The molecule has 0 aliphatic rings. The summed E-state index contributed by atoms with van der Waals surface area (Å²) in [5.74, 6) is -0.329. The van der Waals surface area contributed by atoms with Crippen molar-refractivity contribution in [2.24, 2.45) is 0 Å². The summed E-state index contributed by atoms with van der Waals surface area (Å²) in [6, 6.07) is 8.53. The van der Waals surface area contributed by atoms with Gasteiger partial charge in [-0.25, -0.2) is 4.39 Å². The van der Waals surface area contributed by atoms with Crippen molar-refractivity contribution in [1.82, 2.24) is 0 Å². The van der Waals surface area contributed by atoms with Crippen LogP contribution in [-0.2, 0) is 0 Å². The van der Waals surface area contributed by atoms with Crippen molar-refractivity contribution in [2.75, 3.05) is 0 Å². The highest BCUT2D eigenvalue weighted by Crippen LogP contribution is 2.36. The van der Waals surface area contributed by atoms with Gasteiger partial charge in [0, 0.05) is 10.0 Å². The van der Waals surface area contributed by atoms with E-state index < -0.39 is 5.38 Å². The Morgan fingerprint density at radius 1 is 0.947 bits per heavy atom. The summed E-state index contributed by atoms with van der Waals surface area (Å²) in [7, 11) is 0. The Bertz CT molecular complexity index is 623. The lowest BCUT2D eigenvalue weighted by Crippen LogP contribution is -1.97. The van der Waals surface area contributed by atoms with Crippen LogP contribution >= 0.6 is 34.8 Å². The minimum atomic E-state index is -0.428. The fourth-order valence-corrected chi connectivity index (χ4v) is 2.63. The molecular weight excluding hydrogens is 306 g/mol. The molecule has 0 fully saturated rings. The van der Waals surface area contributed by atoms with Gasteiger partial charge >= 0.3 is 0 Å². The Morgan fingerprint density at radius 3 is 2.26 bits per heavy atom. The van der Waals surface area contributed by atoms with Gasteiger partial charge in [-0.05, 0) is 54.3 Å². The lowest BCUT2D eigenvalue weighted by atomic mass is 10.0. The molecule has 2 rings (SSSR count). The first-order valence-electron chi connectivity index (χ1n) is 5.76. The number of benzene rings is 2. The third-order valence-electron chi connectivity index (χ3n) is 3.03. The van der Waals surface area contributed by atoms with E-state index in [-0.39, 0.29) is 5.82 Å². The van der Waals surface area contributed by atoms with Crippen LogP contribution in [0.4, 0.5) is 4.39 Å². The molecule has 0 nitrogen and oxygen atoms in total. The van der Waals surface area contributed by atoms with E-state index in [4.69, 9.17) is 34.8 Å². The second-order valence-corrected chi connectivity index (χ2v) is 5.74. The Balaban J connectivity index is 2.46. The van der Waals surface area contributed by atoms with Crippen molar-refractivity contribution in [1.29, 1.82) is 0 Å².